The highest BCUT2D eigenvalue weighted by atomic mass is 16.5. The van der Waals surface area contributed by atoms with Crippen molar-refractivity contribution in [3.63, 3.8) is 0 Å². The average Bonchev–Trinajstić information content (AvgIpc) is 2.85. The van der Waals surface area contributed by atoms with E-state index in [2.05, 4.69) is 20.8 Å². The minimum Gasteiger partial charge on any atom is -0.393 e. The molecule has 0 aromatic rings. The molecule has 2 rings (SSSR count). The van der Waals surface area contributed by atoms with Crippen LogP contribution >= 0.6 is 0 Å². The van der Waals surface area contributed by atoms with Crippen LogP contribution < -0.4 is 0 Å². The number of aliphatic hydroxyl groups is 1. The summed E-state index contributed by atoms with van der Waals surface area (Å²) in [7, 11) is 0. The molecular weight excluding hydrogens is 212 g/mol. The molecule has 100 valence electrons. The van der Waals surface area contributed by atoms with E-state index in [4.69, 9.17) is 4.74 Å². The van der Waals surface area contributed by atoms with Gasteiger partial charge in [-0.25, -0.2) is 0 Å². The van der Waals surface area contributed by atoms with Gasteiger partial charge in [-0.2, -0.15) is 0 Å². The van der Waals surface area contributed by atoms with Crippen LogP contribution in [0.1, 0.15) is 59.3 Å². The smallest absolute Gasteiger partial charge is 0.0607 e. The second-order valence-corrected chi connectivity index (χ2v) is 6.34. The SMILES string of the molecule is CC[C@H]1CCC[C@H]1OC1C[C@H](O)[C@H](C(C)C)C1. The summed E-state index contributed by atoms with van der Waals surface area (Å²) in [6.45, 7) is 6.69. The van der Waals surface area contributed by atoms with Gasteiger partial charge in [-0.05, 0) is 43.4 Å². The number of hydrogen-bond acceptors (Lipinski definition) is 2. The zero-order valence-corrected chi connectivity index (χ0v) is 11.6. The van der Waals surface area contributed by atoms with E-state index in [1.54, 1.807) is 0 Å². The van der Waals surface area contributed by atoms with Crippen molar-refractivity contribution in [1.29, 1.82) is 0 Å². The Morgan fingerprint density at radius 3 is 2.59 bits per heavy atom. The van der Waals surface area contributed by atoms with E-state index >= 15 is 0 Å². The summed E-state index contributed by atoms with van der Waals surface area (Å²) < 4.78 is 6.27. The summed E-state index contributed by atoms with van der Waals surface area (Å²) >= 11 is 0. The second-order valence-electron chi connectivity index (χ2n) is 6.34. The zero-order chi connectivity index (χ0) is 12.4. The number of ether oxygens (including phenoxy) is 1. The average molecular weight is 240 g/mol. The minimum absolute atomic E-state index is 0.138. The van der Waals surface area contributed by atoms with E-state index in [0.717, 1.165) is 18.8 Å². The van der Waals surface area contributed by atoms with Crippen LogP contribution in [-0.4, -0.2) is 23.4 Å². The molecule has 0 radical (unpaired) electrons. The molecule has 0 aromatic heterocycles. The lowest BCUT2D eigenvalue weighted by Crippen LogP contribution is -2.24. The minimum atomic E-state index is -0.138. The third kappa shape index (κ3) is 3.03. The summed E-state index contributed by atoms with van der Waals surface area (Å²) in [5.41, 5.74) is 0. The summed E-state index contributed by atoms with van der Waals surface area (Å²) in [6.07, 6.45) is 7.71. The van der Waals surface area contributed by atoms with Gasteiger partial charge >= 0.3 is 0 Å². The Labute approximate surface area is 106 Å². The molecule has 2 nitrogen and oxygen atoms in total. The highest BCUT2D eigenvalue weighted by Crippen LogP contribution is 2.38. The first kappa shape index (κ1) is 13.4. The first-order valence-corrected chi connectivity index (χ1v) is 7.45. The summed E-state index contributed by atoms with van der Waals surface area (Å²) in [5.74, 6) is 1.79. The topological polar surface area (TPSA) is 29.5 Å². The molecule has 0 heterocycles. The maximum atomic E-state index is 10.0. The molecule has 2 saturated carbocycles. The molecule has 0 aromatic carbocycles. The fourth-order valence-electron chi connectivity index (χ4n) is 3.72. The second kappa shape index (κ2) is 5.71. The summed E-state index contributed by atoms with van der Waals surface area (Å²) in [5, 5.41) is 10.0. The van der Waals surface area contributed by atoms with E-state index in [9.17, 15) is 5.11 Å². The molecule has 5 atom stereocenters. The van der Waals surface area contributed by atoms with Crippen LogP contribution in [0.4, 0.5) is 0 Å². The van der Waals surface area contributed by atoms with Gasteiger partial charge in [0.15, 0.2) is 0 Å². The molecule has 2 aliphatic carbocycles. The molecule has 0 saturated heterocycles. The molecule has 1 N–H and O–H groups in total. The van der Waals surface area contributed by atoms with Crippen molar-refractivity contribution in [2.75, 3.05) is 0 Å². The molecule has 1 unspecified atom stereocenters. The fourth-order valence-corrected chi connectivity index (χ4v) is 3.72. The fraction of sp³-hybridized carbons (Fsp3) is 1.00. The van der Waals surface area contributed by atoms with Crippen molar-refractivity contribution >= 4 is 0 Å². The first-order chi connectivity index (χ1) is 8.11. The molecule has 2 heteroatoms. The predicted molar refractivity (Wildman–Crippen MR) is 69.9 cm³/mol. The molecule has 2 fully saturated rings. The standard InChI is InChI=1S/C15H28O2/c1-4-11-6-5-7-15(11)17-12-8-13(10(2)3)14(16)9-12/h10-16H,4-9H2,1-3H3/t11-,12?,13-,14-,15+/m0/s1. The lowest BCUT2D eigenvalue weighted by atomic mass is 9.93. The van der Waals surface area contributed by atoms with Gasteiger partial charge in [-0.1, -0.05) is 33.6 Å². The van der Waals surface area contributed by atoms with Crippen molar-refractivity contribution in [3.05, 3.63) is 0 Å². The van der Waals surface area contributed by atoms with Gasteiger partial charge < -0.3 is 9.84 Å². The van der Waals surface area contributed by atoms with Crippen molar-refractivity contribution in [2.45, 2.75) is 77.6 Å². The third-order valence-corrected chi connectivity index (χ3v) is 4.87. The van der Waals surface area contributed by atoms with Crippen molar-refractivity contribution in [3.8, 4) is 0 Å². The molecule has 0 amide bonds. The maximum absolute atomic E-state index is 10.0. The number of hydrogen-bond donors (Lipinski definition) is 1. The normalized spacial score (nSPS) is 42.5. The van der Waals surface area contributed by atoms with Gasteiger partial charge in [0.1, 0.15) is 0 Å². The van der Waals surface area contributed by atoms with Crippen LogP contribution in [0.15, 0.2) is 0 Å². The van der Waals surface area contributed by atoms with Crippen molar-refractivity contribution in [2.24, 2.45) is 17.8 Å². The molecular formula is C15H28O2. The van der Waals surface area contributed by atoms with Gasteiger partial charge in [0.05, 0.1) is 18.3 Å². The van der Waals surface area contributed by atoms with Crippen LogP contribution in [0.3, 0.4) is 0 Å². The monoisotopic (exact) mass is 240 g/mol. The summed E-state index contributed by atoms with van der Waals surface area (Å²) in [6, 6.07) is 0. The van der Waals surface area contributed by atoms with Crippen LogP contribution in [0, 0.1) is 17.8 Å². The van der Waals surface area contributed by atoms with E-state index < -0.39 is 0 Å². The Hall–Kier alpha value is -0.0800. The third-order valence-electron chi connectivity index (χ3n) is 4.87. The molecule has 0 bridgehead atoms. The van der Waals surface area contributed by atoms with Crippen LogP contribution in [0.2, 0.25) is 0 Å². The predicted octanol–water partition coefficient (Wildman–Crippen LogP) is 3.38. The maximum Gasteiger partial charge on any atom is 0.0607 e. The molecule has 0 spiro atoms. The van der Waals surface area contributed by atoms with Crippen LogP contribution in [0.5, 0.6) is 0 Å². The highest BCUT2D eigenvalue weighted by molar-refractivity contribution is 4.87. The Morgan fingerprint density at radius 1 is 1.24 bits per heavy atom. The van der Waals surface area contributed by atoms with Gasteiger partial charge in [-0.3, -0.25) is 0 Å². The van der Waals surface area contributed by atoms with Crippen LogP contribution in [0.25, 0.3) is 0 Å². The van der Waals surface area contributed by atoms with Gasteiger partial charge in [0.2, 0.25) is 0 Å². The Morgan fingerprint density at radius 2 is 2.00 bits per heavy atom. The van der Waals surface area contributed by atoms with E-state index in [1.807, 2.05) is 0 Å². The van der Waals surface area contributed by atoms with Crippen molar-refractivity contribution < 1.29 is 9.84 Å². The Bertz CT molecular complexity index is 239. The molecule has 17 heavy (non-hydrogen) atoms. The molecule has 2 aliphatic rings. The van der Waals surface area contributed by atoms with Gasteiger partial charge in [0.25, 0.3) is 0 Å². The molecule has 0 aliphatic heterocycles. The van der Waals surface area contributed by atoms with Crippen molar-refractivity contribution in [1.82, 2.24) is 0 Å². The van der Waals surface area contributed by atoms with Crippen LogP contribution in [-0.2, 0) is 4.74 Å². The largest absolute Gasteiger partial charge is 0.393 e. The Balaban J connectivity index is 1.84. The summed E-state index contributed by atoms with van der Waals surface area (Å²) in [4.78, 5) is 0. The lowest BCUT2D eigenvalue weighted by Gasteiger charge is -2.23. The zero-order valence-electron chi connectivity index (χ0n) is 11.6. The first-order valence-electron chi connectivity index (χ1n) is 7.45. The number of aliphatic hydroxyl groups excluding tert-OH is 1. The van der Waals surface area contributed by atoms with E-state index in [-0.39, 0.29) is 6.10 Å². The lowest BCUT2D eigenvalue weighted by molar-refractivity contribution is -0.0332. The Kier molecular flexibility index (Phi) is 4.48. The van der Waals surface area contributed by atoms with E-state index in [1.165, 1.54) is 25.7 Å². The quantitative estimate of drug-likeness (QED) is 0.816. The van der Waals surface area contributed by atoms with E-state index in [0.29, 0.717) is 24.0 Å². The van der Waals surface area contributed by atoms with Gasteiger partial charge in [-0.15, -0.1) is 0 Å². The highest BCUT2D eigenvalue weighted by Gasteiger charge is 2.38. The van der Waals surface area contributed by atoms with Gasteiger partial charge in [0, 0.05) is 0 Å². The number of rotatable bonds is 4.